The number of benzene rings is 2. The van der Waals surface area contributed by atoms with E-state index in [1.165, 1.54) is 6.07 Å². The Bertz CT molecular complexity index is 1420. The number of rotatable bonds is 7. The highest BCUT2D eigenvalue weighted by Gasteiger charge is 2.23. The Hall–Kier alpha value is -3.67. The zero-order valence-electron chi connectivity index (χ0n) is 22.3. The average Bonchev–Trinajstić information content (AvgIpc) is 2.95. The van der Waals surface area contributed by atoms with Gasteiger partial charge in [-0.15, -0.1) is 0 Å². The summed E-state index contributed by atoms with van der Waals surface area (Å²) in [6, 6.07) is 11.0. The fourth-order valence-corrected chi connectivity index (χ4v) is 5.09. The van der Waals surface area contributed by atoms with Crippen LogP contribution in [0.15, 0.2) is 53.5 Å². The zero-order valence-corrected chi connectivity index (χ0v) is 22.3. The quantitative estimate of drug-likeness (QED) is 0.460. The van der Waals surface area contributed by atoms with Gasteiger partial charge in [0.05, 0.1) is 30.2 Å². The number of H-pyrrole nitrogens is 1. The van der Waals surface area contributed by atoms with Crippen LogP contribution in [0, 0.1) is 5.82 Å². The molecule has 2 aromatic carbocycles. The number of likely N-dealkylation sites (N-methyl/N-ethyl adjacent to an activating group) is 1. The average molecular weight is 556 g/mol. The first-order chi connectivity index (χ1) is 19.3. The van der Waals surface area contributed by atoms with Gasteiger partial charge in [0, 0.05) is 69.2 Å². The lowest BCUT2D eigenvalue weighted by Crippen LogP contribution is -2.44. The maximum absolute atomic E-state index is 15.1. The molecule has 0 saturated carbocycles. The number of ether oxygens (including phenoxy) is 1. The fourth-order valence-electron chi connectivity index (χ4n) is 5.09. The van der Waals surface area contributed by atoms with Crippen molar-refractivity contribution in [1.82, 2.24) is 14.8 Å². The molecule has 0 spiro atoms. The summed E-state index contributed by atoms with van der Waals surface area (Å²) in [5, 5.41) is 2.77. The molecule has 3 aromatic rings. The van der Waals surface area contributed by atoms with Gasteiger partial charge in [0.2, 0.25) is 5.56 Å². The second kappa shape index (κ2) is 12.2. The van der Waals surface area contributed by atoms with Gasteiger partial charge in [-0.25, -0.2) is 13.2 Å². The number of aromatic amines is 1. The number of anilines is 2. The predicted molar refractivity (Wildman–Crippen MR) is 148 cm³/mol. The van der Waals surface area contributed by atoms with E-state index in [2.05, 4.69) is 25.0 Å². The number of morpholine rings is 1. The second-order valence-electron chi connectivity index (χ2n) is 10.1. The first-order valence-electron chi connectivity index (χ1n) is 13.3. The number of nitrogens with one attached hydrogen (secondary N) is 2. The van der Waals surface area contributed by atoms with Crippen molar-refractivity contribution in [2.75, 3.05) is 69.7 Å². The summed E-state index contributed by atoms with van der Waals surface area (Å²) in [5.74, 6) is -1.20. The van der Waals surface area contributed by atoms with Crippen LogP contribution in [0.4, 0.5) is 24.5 Å². The number of carbonyl (C=O) groups excluding carboxylic acids is 1. The van der Waals surface area contributed by atoms with Crippen molar-refractivity contribution in [3.8, 4) is 11.1 Å². The first-order valence-corrected chi connectivity index (χ1v) is 13.3. The molecule has 0 unspecified atom stereocenters. The normalized spacial score (nSPS) is 16.9. The first kappa shape index (κ1) is 27.9. The number of hydrogen-bond donors (Lipinski definition) is 2. The molecule has 1 amide bonds. The largest absolute Gasteiger partial charge is 0.379 e. The van der Waals surface area contributed by atoms with Gasteiger partial charge < -0.3 is 24.8 Å². The van der Waals surface area contributed by atoms with E-state index in [9.17, 15) is 18.4 Å². The molecule has 2 N–H and O–H groups in total. The van der Waals surface area contributed by atoms with Gasteiger partial charge in [-0.05, 0) is 42.4 Å². The molecule has 0 atom stereocenters. The minimum atomic E-state index is -3.00. The lowest BCUT2D eigenvalue weighted by molar-refractivity contribution is 0.0342. The summed E-state index contributed by atoms with van der Waals surface area (Å²) in [7, 11) is 2.03. The SMILES string of the molecule is CN1CCN(c2ccc(-c3cc(CN4CCOCC4)ccc3F)cc2NC(=O)c2c[nH]c(=O)cc2C(F)F)CC1. The Morgan fingerprint density at radius 1 is 1.02 bits per heavy atom. The number of piperazine rings is 1. The van der Waals surface area contributed by atoms with Crippen LogP contribution in [0.25, 0.3) is 11.1 Å². The zero-order chi connectivity index (χ0) is 28.2. The van der Waals surface area contributed by atoms with Crippen molar-refractivity contribution in [3.63, 3.8) is 0 Å². The maximum atomic E-state index is 15.1. The van der Waals surface area contributed by atoms with Crippen LogP contribution in [0.1, 0.15) is 27.9 Å². The number of nitrogens with zero attached hydrogens (tertiary/aromatic N) is 3. The molecule has 3 heterocycles. The molecule has 2 aliphatic heterocycles. The van der Waals surface area contributed by atoms with Gasteiger partial charge in [-0.2, -0.15) is 0 Å². The van der Waals surface area contributed by atoms with E-state index < -0.39 is 29.3 Å². The number of hydrogen-bond acceptors (Lipinski definition) is 6. The summed E-state index contributed by atoms with van der Waals surface area (Å²) in [5.41, 5.74) is 1.24. The summed E-state index contributed by atoms with van der Waals surface area (Å²) in [6.45, 7) is 6.59. The van der Waals surface area contributed by atoms with E-state index in [1.807, 2.05) is 19.2 Å². The van der Waals surface area contributed by atoms with Crippen molar-refractivity contribution in [2.24, 2.45) is 0 Å². The summed E-state index contributed by atoms with van der Waals surface area (Å²) in [6.07, 6.45) is -2.01. The van der Waals surface area contributed by atoms with Crippen LogP contribution in [-0.4, -0.2) is 80.2 Å². The number of carbonyl (C=O) groups is 1. The van der Waals surface area contributed by atoms with Gasteiger partial charge in [-0.1, -0.05) is 12.1 Å². The lowest BCUT2D eigenvalue weighted by atomic mass is 10.00. The van der Waals surface area contributed by atoms with E-state index in [0.717, 1.165) is 44.0 Å². The van der Waals surface area contributed by atoms with Crippen LogP contribution >= 0.6 is 0 Å². The van der Waals surface area contributed by atoms with E-state index >= 15 is 4.39 Å². The maximum Gasteiger partial charge on any atom is 0.264 e. The lowest BCUT2D eigenvalue weighted by Gasteiger charge is -2.35. The van der Waals surface area contributed by atoms with Crippen LogP contribution < -0.4 is 15.8 Å². The van der Waals surface area contributed by atoms with Crippen molar-refractivity contribution in [3.05, 3.63) is 81.5 Å². The van der Waals surface area contributed by atoms with Gasteiger partial charge in [-0.3, -0.25) is 14.5 Å². The number of alkyl halides is 2. The number of halogens is 3. The van der Waals surface area contributed by atoms with E-state index in [1.54, 1.807) is 18.2 Å². The minimum Gasteiger partial charge on any atom is -0.379 e. The van der Waals surface area contributed by atoms with Crippen LogP contribution in [0.2, 0.25) is 0 Å². The second-order valence-corrected chi connectivity index (χ2v) is 10.1. The molecule has 0 bridgehead atoms. The van der Waals surface area contributed by atoms with Crippen molar-refractivity contribution in [2.45, 2.75) is 13.0 Å². The highest BCUT2D eigenvalue weighted by molar-refractivity contribution is 6.07. The molecule has 8 nitrogen and oxygen atoms in total. The van der Waals surface area contributed by atoms with Gasteiger partial charge in [0.25, 0.3) is 12.3 Å². The third-order valence-corrected chi connectivity index (χ3v) is 7.38. The molecule has 2 fully saturated rings. The fraction of sp³-hybridized carbons (Fsp3) is 0.379. The van der Waals surface area contributed by atoms with Crippen molar-refractivity contribution >= 4 is 17.3 Å². The Kier molecular flexibility index (Phi) is 8.53. The predicted octanol–water partition coefficient (Wildman–Crippen LogP) is 3.95. The Morgan fingerprint density at radius 2 is 1.77 bits per heavy atom. The summed E-state index contributed by atoms with van der Waals surface area (Å²) in [4.78, 5) is 33.7. The number of aromatic nitrogens is 1. The Morgan fingerprint density at radius 3 is 2.50 bits per heavy atom. The van der Waals surface area contributed by atoms with Crippen molar-refractivity contribution < 1.29 is 22.7 Å². The molecule has 1 aromatic heterocycles. The van der Waals surface area contributed by atoms with E-state index in [-0.39, 0.29) is 5.56 Å². The summed E-state index contributed by atoms with van der Waals surface area (Å²) >= 11 is 0. The Balaban J connectivity index is 1.50. The van der Waals surface area contributed by atoms with Crippen LogP contribution in [-0.2, 0) is 11.3 Å². The van der Waals surface area contributed by atoms with Crippen LogP contribution in [0.5, 0.6) is 0 Å². The van der Waals surface area contributed by atoms with Gasteiger partial charge >= 0.3 is 0 Å². The standard InChI is InChI=1S/C29H32F3N5O3/c1-35-6-8-37(9-7-35)26-5-3-20(21-14-19(2-4-24(21)30)18-36-10-12-40-13-11-36)15-25(26)34-29(39)23-17-33-27(38)16-22(23)28(31)32/h2-5,14-17,28H,6-13,18H2,1H3,(H,33,38)(H,34,39). The third-order valence-electron chi connectivity index (χ3n) is 7.38. The Labute approximate surface area is 230 Å². The molecular formula is C29H32F3N5O3. The molecule has 11 heteroatoms. The highest BCUT2D eigenvalue weighted by Crippen LogP contribution is 2.35. The van der Waals surface area contributed by atoms with Crippen LogP contribution in [0.3, 0.4) is 0 Å². The summed E-state index contributed by atoms with van der Waals surface area (Å²) < 4.78 is 47.8. The smallest absolute Gasteiger partial charge is 0.264 e. The van der Waals surface area contributed by atoms with Gasteiger partial charge in [0.1, 0.15) is 5.82 Å². The van der Waals surface area contributed by atoms with Crippen molar-refractivity contribution in [1.29, 1.82) is 0 Å². The number of pyridine rings is 1. The third kappa shape index (κ3) is 6.38. The van der Waals surface area contributed by atoms with Gasteiger partial charge in [0.15, 0.2) is 0 Å². The molecule has 212 valence electrons. The molecule has 0 radical (unpaired) electrons. The molecule has 0 aliphatic carbocycles. The van der Waals surface area contributed by atoms with E-state index in [0.29, 0.717) is 55.3 Å². The monoisotopic (exact) mass is 555 g/mol. The van der Waals surface area contributed by atoms with E-state index in [4.69, 9.17) is 4.74 Å². The minimum absolute atomic E-state index is 0.331. The number of amides is 1. The molecular weight excluding hydrogens is 523 g/mol. The topological polar surface area (TPSA) is 80.9 Å². The highest BCUT2D eigenvalue weighted by atomic mass is 19.3. The molecule has 5 rings (SSSR count). The molecule has 40 heavy (non-hydrogen) atoms. The molecule has 2 aliphatic rings. The molecule has 2 saturated heterocycles.